The lowest BCUT2D eigenvalue weighted by atomic mass is 10.1. The Morgan fingerprint density at radius 1 is 1.09 bits per heavy atom. The van der Waals surface area contributed by atoms with Crippen molar-refractivity contribution in [2.45, 2.75) is 39.3 Å². The van der Waals surface area contributed by atoms with Crippen molar-refractivity contribution in [3.63, 3.8) is 0 Å². The fraction of sp³-hybridized carbons (Fsp3) is 0.273. The highest BCUT2D eigenvalue weighted by Gasteiger charge is 2.31. The van der Waals surface area contributed by atoms with E-state index >= 15 is 0 Å². The Balaban J connectivity index is 0.000000890. The third kappa shape index (κ3) is 8.51. The molecule has 1 aromatic carbocycles. The van der Waals surface area contributed by atoms with Crippen molar-refractivity contribution >= 4 is 29.2 Å². The van der Waals surface area contributed by atoms with Gasteiger partial charge in [-0.2, -0.15) is 13.2 Å². The van der Waals surface area contributed by atoms with Crippen LogP contribution in [0.5, 0.6) is 11.6 Å². The van der Waals surface area contributed by atoms with Crippen molar-refractivity contribution in [3.8, 4) is 11.6 Å². The molecular weight excluding hydrogens is 482 g/mol. The minimum absolute atomic E-state index is 0.105. The first-order valence-electron chi connectivity index (χ1n) is 9.62. The fourth-order valence-electron chi connectivity index (χ4n) is 2.63. The molecule has 0 aliphatic carbocycles. The first-order valence-corrected chi connectivity index (χ1v) is 10.4. The number of alkyl halides is 3. The van der Waals surface area contributed by atoms with Crippen LogP contribution in [-0.4, -0.2) is 26.0 Å². The highest BCUT2D eigenvalue weighted by Crippen LogP contribution is 2.36. The number of hydrogen-bond donors (Lipinski definition) is 1. The molecule has 0 spiro atoms. The van der Waals surface area contributed by atoms with E-state index in [9.17, 15) is 13.2 Å². The summed E-state index contributed by atoms with van der Waals surface area (Å²) in [5, 5.41) is 7.87. The van der Waals surface area contributed by atoms with Gasteiger partial charge in [-0.05, 0) is 49.9 Å². The summed E-state index contributed by atoms with van der Waals surface area (Å²) in [4.78, 5) is 21.4. The summed E-state index contributed by atoms with van der Waals surface area (Å²) >= 11 is 12.1. The number of aromatic nitrogens is 3. The van der Waals surface area contributed by atoms with Crippen LogP contribution in [0, 0.1) is 6.92 Å². The predicted molar refractivity (Wildman–Crippen MR) is 118 cm³/mol. The summed E-state index contributed by atoms with van der Waals surface area (Å²) in [7, 11) is 0. The van der Waals surface area contributed by atoms with Crippen LogP contribution in [0.1, 0.15) is 35.9 Å². The number of carbonyl (C=O) groups is 1. The van der Waals surface area contributed by atoms with Gasteiger partial charge in [-0.15, -0.1) is 0 Å². The largest absolute Gasteiger partial charge is 0.481 e. The molecule has 2 aromatic heterocycles. The number of pyridine rings is 1. The predicted octanol–water partition coefficient (Wildman–Crippen LogP) is 6.56. The number of benzene rings is 1. The number of rotatable bonds is 6. The molecule has 0 aliphatic rings. The molecule has 0 radical (unpaired) electrons. The van der Waals surface area contributed by atoms with E-state index in [2.05, 4.69) is 15.0 Å². The van der Waals surface area contributed by atoms with Crippen LogP contribution in [0.25, 0.3) is 0 Å². The van der Waals surface area contributed by atoms with Gasteiger partial charge in [0.1, 0.15) is 12.1 Å². The lowest BCUT2D eigenvalue weighted by molar-refractivity contribution is -0.137. The van der Waals surface area contributed by atoms with Crippen LogP contribution in [0.4, 0.5) is 13.2 Å². The third-order valence-electron chi connectivity index (χ3n) is 4.19. The normalized spacial score (nSPS) is 10.9. The van der Waals surface area contributed by atoms with E-state index < -0.39 is 17.7 Å². The van der Waals surface area contributed by atoms with Gasteiger partial charge in [0.15, 0.2) is 0 Å². The smallest absolute Gasteiger partial charge is 0.416 e. The van der Waals surface area contributed by atoms with Crippen molar-refractivity contribution in [2.75, 3.05) is 0 Å². The minimum atomic E-state index is -4.46. The van der Waals surface area contributed by atoms with Crippen molar-refractivity contribution in [3.05, 3.63) is 75.4 Å². The van der Waals surface area contributed by atoms with Crippen LogP contribution >= 0.6 is 23.2 Å². The van der Waals surface area contributed by atoms with Crippen molar-refractivity contribution in [2.24, 2.45) is 0 Å². The van der Waals surface area contributed by atoms with Gasteiger partial charge in [0.05, 0.1) is 27.0 Å². The van der Waals surface area contributed by atoms with E-state index in [0.717, 1.165) is 48.8 Å². The van der Waals surface area contributed by atoms with Gasteiger partial charge in [0, 0.05) is 19.2 Å². The number of ether oxygens (including phenoxy) is 1. The number of hydrogen-bond acceptors (Lipinski definition) is 5. The number of halogens is 5. The van der Waals surface area contributed by atoms with Gasteiger partial charge in [-0.1, -0.05) is 29.3 Å². The number of aryl methyl sites for hydroxylation is 3. The second-order valence-corrected chi connectivity index (χ2v) is 7.63. The quantitative estimate of drug-likeness (QED) is 0.411. The van der Waals surface area contributed by atoms with Gasteiger partial charge in [0.2, 0.25) is 5.88 Å². The van der Waals surface area contributed by atoms with Crippen molar-refractivity contribution in [1.29, 1.82) is 0 Å². The maximum atomic E-state index is 12.7. The lowest BCUT2D eigenvalue weighted by Crippen LogP contribution is -2.04. The third-order valence-corrected chi connectivity index (χ3v) is 4.97. The number of carboxylic acid groups (broad SMARTS) is 1. The first kappa shape index (κ1) is 26.3. The molecule has 176 valence electrons. The molecule has 0 saturated carbocycles. The van der Waals surface area contributed by atoms with Crippen molar-refractivity contribution < 1.29 is 27.8 Å². The standard InChI is InChI=1S/C20H16Cl2F3N3O.C2H4O2/c1-12-19(22)16(28-11-27-12)4-2-3-13-5-8-18(26-10-13)29-17-7-6-14(9-15(17)21)20(23,24)25;1-2(3)4/h5-11H,2-4H2,1H3;1H3,(H,3,4). The van der Waals surface area contributed by atoms with E-state index in [1.54, 1.807) is 12.3 Å². The Morgan fingerprint density at radius 2 is 1.79 bits per heavy atom. The highest BCUT2D eigenvalue weighted by atomic mass is 35.5. The van der Waals surface area contributed by atoms with Crippen LogP contribution in [0.15, 0.2) is 42.9 Å². The fourth-order valence-corrected chi connectivity index (χ4v) is 3.04. The average molecular weight is 502 g/mol. The topological polar surface area (TPSA) is 85.2 Å². The zero-order chi connectivity index (χ0) is 24.6. The highest BCUT2D eigenvalue weighted by molar-refractivity contribution is 6.32. The van der Waals surface area contributed by atoms with E-state index in [0.29, 0.717) is 11.4 Å². The molecule has 0 amide bonds. The summed E-state index contributed by atoms with van der Waals surface area (Å²) in [5.74, 6) is -0.487. The Kier molecular flexibility index (Phi) is 9.43. The van der Waals surface area contributed by atoms with Gasteiger partial charge in [-0.25, -0.2) is 15.0 Å². The molecule has 0 unspecified atom stereocenters. The maximum Gasteiger partial charge on any atom is 0.416 e. The van der Waals surface area contributed by atoms with Crippen LogP contribution in [0.3, 0.4) is 0 Å². The number of nitrogens with zero attached hydrogens (tertiary/aromatic N) is 3. The molecule has 1 N–H and O–H groups in total. The Bertz CT molecular complexity index is 1090. The summed E-state index contributed by atoms with van der Waals surface area (Å²) in [5.41, 5.74) is 1.71. The monoisotopic (exact) mass is 501 g/mol. The summed E-state index contributed by atoms with van der Waals surface area (Å²) in [6, 6.07) is 6.40. The Labute approximate surface area is 198 Å². The van der Waals surface area contributed by atoms with E-state index in [4.69, 9.17) is 37.8 Å². The summed E-state index contributed by atoms with van der Waals surface area (Å²) in [6.45, 7) is 2.92. The van der Waals surface area contributed by atoms with Crippen molar-refractivity contribution in [1.82, 2.24) is 15.0 Å². The minimum Gasteiger partial charge on any atom is -0.481 e. The maximum absolute atomic E-state index is 12.7. The Morgan fingerprint density at radius 3 is 2.36 bits per heavy atom. The second kappa shape index (κ2) is 11.8. The molecule has 6 nitrogen and oxygen atoms in total. The average Bonchev–Trinajstić information content (AvgIpc) is 2.72. The molecule has 11 heteroatoms. The molecule has 2 heterocycles. The van der Waals surface area contributed by atoms with Crippen LogP contribution < -0.4 is 4.74 Å². The van der Waals surface area contributed by atoms with Gasteiger partial charge in [-0.3, -0.25) is 4.79 Å². The molecule has 3 aromatic rings. The Hall–Kier alpha value is -2.91. The van der Waals surface area contributed by atoms with E-state index in [1.165, 1.54) is 12.4 Å². The summed E-state index contributed by atoms with van der Waals surface area (Å²) in [6.07, 6.45) is 0.978. The second-order valence-electron chi connectivity index (χ2n) is 6.84. The van der Waals surface area contributed by atoms with Gasteiger partial charge < -0.3 is 9.84 Å². The van der Waals surface area contributed by atoms with E-state index in [-0.39, 0.29) is 16.7 Å². The van der Waals surface area contributed by atoms with Crippen LogP contribution in [-0.2, 0) is 23.8 Å². The summed E-state index contributed by atoms with van der Waals surface area (Å²) < 4.78 is 43.6. The molecule has 33 heavy (non-hydrogen) atoms. The molecule has 3 rings (SSSR count). The van der Waals surface area contributed by atoms with Crippen LogP contribution in [0.2, 0.25) is 10.0 Å². The first-order chi connectivity index (χ1) is 15.5. The lowest BCUT2D eigenvalue weighted by Gasteiger charge is -2.11. The molecule has 0 atom stereocenters. The van der Waals surface area contributed by atoms with Gasteiger partial charge in [0.25, 0.3) is 5.97 Å². The van der Waals surface area contributed by atoms with E-state index in [1.807, 2.05) is 13.0 Å². The molecule has 0 saturated heterocycles. The SMILES string of the molecule is CC(=O)O.Cc1ncnc(CCCc2ccc(Oc3ccc(C(F)(F)F)cc3Cl)nc2)c1Cl. The zero-order valence-electron chi connectivity index (χ0n) is 17.7. The number of aliphatic carboxylic acids is 1. The molecule has 0 aliphatic heterocycles. The zero-order valence-corrected chi connectivity index (χ0v) is 19.2. The number of carboxylic acids is 1. The van der Waals surface area contributed by atoms with Gasteiger partial charge >= 0.3 is 6.18 Å². The molecule has 0 bridgehead atoms. The molecular formula is C22H20Cl2F3N3O3. The molecule has 0 fully saturated rings.